The second-order valence-electron chi connectivity index (χ2n) is 10.1. The maximum atomic E-state index is 13.7. The fourth-order valence-electron chi connectivity index (χ4n) is 4.57. The molecule has 1 aromatic heterocycles. The highest BCUT2D eigenvalue weighted by Gasteiger charge is 2.35. The standard InChI is InChI=1S/C28H34N2O4S2/c1-28(2,3)22-10-12-23(13-11-22)36(32,33)29(17-18-34-4)20-26(31)30-16-14-25-24(15-19-35-25)27(30)21-8-6-5-7-9-21/h5-13,15,19,27H,14,16-18,20H2,1-4H3. The van der Waals surface area contributed by atoms with E-state index in [0.29, 0.717) is 6.54 Å². The molecule has 3 aromatic rings. The van der Waals surface area contributed by atoms with Gasteiger partial charge in [0.05, 0.1) is 24.1 Å². The zero-order valence-electron chi connectivity index (χ0n) is 21.3. The molecule has 1 atom stereocenters. The van der Waals surface area contributed by atoms with Crippen LogP contribution in [0.15, 0.2) is 70.9 Å². The van der Waals surface area contributed by atoms with Crippen LogP contribution in [0.5, 0.6) is 0 Å². The second kappa shape index (κ2) is 10.8. The van der Waals surface area contributed by atoms with E-state index in [-0.39, 0.29) is 42.0 Å². The first-order chi connectivity index (χ1) is 17.1. The molecule has 0 spiro atoms. The summed E-state index contributed by atoms with van der Waals surface area (Å²) >= 11 is 1.71. The number of methoxy groups -OCH3 is 1. The molecule has 0 fully saturated rings. The zero-order valence-corrected chi connectivity index (χ0v) is 22.9. The average molecular weight is 527 g/mol. The predicted octanol–water partition coefficient (Wildman–Crippen LogP) is 4.86. The van der Waals surface area contributed by atoms with E-state index in [0.717, 1.165) is 23.1 Å². The van der Waals surface area contributed by atoms with Crippen molar-refractivity contribution in [1.82, 2.24) is 9.21 Å². The molecule has 0 saturated heterocycles. The van der Waals surface area contributed by atoms with Gasteiger partial charge in [0.2, 0.25) is 15.9 Å². The van der Waals surface area contributed by atoms with Crippen molar-refractivity contribution in [1.29, 1.82) is 0 Å². The molecular formula is C28H34N2O4S2. The van der Waals surface area contributed by atoms with Crippen LogP contribution >= 0.6 is 11.3 Å². The largest absolute Gasteiger partial charge is 0.383 e. The van der Waals surface area contributed by atoms with Crippen LogP contribution < -0.4 is 0 Å². The van der Waals surface area contributed by atoms with Crippen LogP contribution in [0.1, 0.15) is 48.4 Å². The van der Waals surface area contributed by atoms with Crippen molar-refractivity contribution < 1.29 is 17.9 Å². The molecule has 192 valence electrons. The maximum absolute atomic E-state index is 13.7. The van der Waals surface area contributed by atoms with Crippen LogP contribution in [-0.2, 0) is 31.4 Å². The highest BCUT2D eigenvalue weighted by molar-refractivity contribution is 7.89. The number of ether oxygens (including phenoxy) is 1. The van der Waals surface area contributed by atoms with E-state index in [9.17, 15) is 13.2 Å². The fourth-order valence-corrected chi connectivity index (χ4v) is 6.85. The Bertz CT molecular complexity index is 1280. The minimum absolute atomic E-state index is 0.0881. The number of sulfonamides is 1. The SMILES string of the molecule is COCCN(CC(=O)N1CCc2sccc2C1c1ccccc1)S(=O)(=O)c1ccc(C(C)(C)C)cc1. The number of hydrogen-bond acceptors (Lipinski definition) is 5. The summed E-state index contributed by atoms with van der Waals surface area (Å²) < 4.78 is 33.7. The summed E-state index contributed by atoms with van der Waals surface area (Å²) in [6.45, 7) is 6.85. The first kappa shape index (κ1) is 26.5. The Morgan fingerprint density at radius 2 is 1.78 bits per heavy atom. The van der Waals surface area contributed by atoms with E-state index >= 15 is 0 Å². The van der Waals surface area contributed by atoms with Gasteiger partial charge in [-0.1, -0.05) is 63.2 Å². The van der Waals surface area contributed by atoms with Crippen molar-refractivity contribution in [3.05, 3.63) is 87.6 Å². The Hall–Kier alpha value is -2.52. The first-order valence-corrected chi connectivity index (χ1v) is 14.4. The van der Waals surface area contributed by atoms with Gasteiger partial charge in [0.25, 0.3) is 0 Å². The molecule has 36 heavy (non-hydrogen) atoms. The van der Waals surface area contributed by atoms with Gasteiger partial charge < -0.3 is 9.64 Å². The van der Waals surface area contributed by atoms with Crippen LogP contribution in [0, 0.1) is 0 Å². The number of fused-ring (bicyclic) bond motifs is 1. The third kappa shape index (κ3) is 5.57. The van der Waals surface area contributed by atoms with Gasteiger partial charge in [0.1, 0.15) is 0 Å². The normalized spacial score (nSPS) is 16.2. The molecule has 1 aliphatic rings. The number of thiophene rings is 1. The van der Waals surface area contributed by atoms with Crippen molar-refractivity contribution in [2.24, 2.45) is 0 Å². The van der Waals surface area contributed by atoms with Gasteiger partial charge in [0, 0.05) is 25.1 Å². The summed E-state index contributed by atoms with van der Waals surface area (Å²) in [7, 11) is -2.37. The Morgan fingerprint density at radius 3 is 2.42 bits per heavy atom. The van der Waals surface area contributed by atoms with Crippen molar-refractivity contribution in [3.8, 4) is 0 Å². The van der Waals surface area contributed by atoms with E-state index in [1.807, 2.05) is 47.4 Å². The minimum atomic E-state index is -3.89. The highest BCUT2D eigenvalue weighted by Crippen LogP contribution is 2.38. The Labute approximate surface area is 218 Å². The van der Waals surface area contributed by atoms with Gasteiger partial charge in [-0.15, -0.1) is 11.3 Å². The van der Waals surface area contributed by atoms with Crippen LogP contribution in [0.4, 0.5) is 0 Å². The lowest BCUT2D eigenvalue weighted by molar-refractivity contribution is -0.133. The molecule has 8 heteroatoms. The summed E-state index contributed by atoms with van der Waals surface area (Å²) in [4.78, 5) is 17.0. The topological polar surface area (TPSA) is 66.9 Å². The lowest BCUT2D eigenvalue weighted by Crippen LogP contribution is -2.47. The monoisotopic (exact) mass is 526 g/mol. The Morgan fingerprint density at radius 1 is 1.08 bits per heavy atom. The number of carbonyl (C=O) groups excluding carboxylic acids is 1. The molecule has 0 radical (unpaired) electrons. The molecule has 1 aliphatic heterocycles. The molecule has 1 amide bonds. The van der Waals surface area contributed by atoms with Crippen LogP contribution in [-0.4, -0.2) is 56.9 Å². The molecule has 1 unspecified atom stereocenters. The molecule has 6 nitrogen and oxygen atoms in total. The maximum Gasteiger partial charge on any atom is 0.243 e. The van der Waals surface area contributed by atoms with E-state index in [1.165, 1.54) is 16.3 Å². The first-order valence-electron chi connectivity index (χ1n) is 12.1. The molecular weight excluding hydrogens is 492 g/mol. The number of amides is 1. The lowest BCUT2D eigenvalue weighted by Gasteiger charge is -2.37. The van der Waals surface area contributed by atoms with E-state index in [4.69, 9.17) is 4.74 Å². The summed E-state index contributed by atoms with van der Waals surface area (Å²) in [5, 5.41) is 2.06. The fraction of sp³-hybridized carbons (Fsp3) is 0.393. The molecule has 0 saturated carbocycles. The van der Waals surface area contributed by atoms with Crippen LogP contribution in [0.2, 0.25) is 0 Å². The second-order valence-corrected chi connectivity index (χ2v) is 13.0. The van der Waals surface area contributed by atoms with E-state index < -0.39 is 10.0 Å². The molecule has 0 bridgehead atoms. The van der Waals surface area contributed by atoms with Gasteiger partial charge in [-0.2, -0.15) is 4.31 Å². The third-order valence-corrected chi connectivity index (χ3v) is 9.47. The third-order valence-electron chi connectivity index (χ3n) is 6.62. The average Bonchev–Trinajstić information content (AvgIpc) is 3.34. The van der Waals surface area contributed by atoms with Crippen molar-refractivity contribution in [2.45, 2.75) is 43.5 Å². The number of nitrogens with zero attached hydrogens (tertiary/aromatic N) is 2. The minimum Gasteiger partial charge on any atom is -0.383 e. The predicted molar refractivity (Wildman–Crippen MR) is 144 cm³/mol. The van der Waals surface area contributed by atoms with E-state index in [1.54, 1.807) is 23.5 Å². The summed E-state index contributed by atoms with van der Waals surface area (Å²) in [6.07, 6.45) is 0.765. The number of carbonyl (C=O) groups is 1. The summed E-state index contributed by atoms with van der Waals surface area (Å²) in [6, 6.07) is 18.7. The van der Waals surface area contributed by atoms with Gasteiger partial charge in [-0.05, 0) is 52.1 Å². The van der Waals surface area contributed by atoms with Crippen molar-refractivity contribution in [3.63, 3.8) is 0 Å². The molecule has 2 heterocycles. The lowest BCUT2D eigenvalue weighted by atomic mass is 9.87. The van der Waals surface area contributed by atoms with Gasteiger partial charge >= 0.3 is 0 Å². The Kier molecular flexibility index (Phi) is 7.99. The summed E-state index contributed by atoms with van der Waals surface area (Å²) in [5.41, 5.74) is 3.10. The molecule has 4 rings (SSSR count). The van der Waals surface area contributed by atoms with Crippen molar-refractivity contribution >= 4 is 27.3 Å². The molecule has 0 N–H and O–H groups in total. The van der Waals surface area contributed by atoms with Crippen LogP contribution in [0.25, 0.3) is 0 Å². The highest BCUT2D eigenvalue weighted by atomic mass is 32.2. The number of hydrogen-bond donors (Lipinski definition) is 0. The smallest absolute Gasteiger partial charge is 0.243 e. The van der Waals surface area contributed by atoms with Crippen molar-refractivity contribution in [2.75, 3.05) is 33.4 Å². The zero-order chi connectivity index (χ0) is 25.9. The molecule has 2 aromatic carbocycles. The Balaban J connectivity index is 1.63. The summed E-state index contributed by atoms with van der Waals surface area (Å²) in [5.74, 6) is -0.216. The van der Waals surface area contributed by atoms with Gasteiger partial charge in [-0.3, -0.25) is 4.79 Å². The number of rotatable bonds is 8. The quantitative estimate of drug-likeness (QED) is 0.421. The van der Waals surface area contributed by atoms with Crippen LogP contribution in [0.3, 0.4) is 0 Å². The van der Waals surface area contributed by atoms with Gasteiger partial charge in [-0.25, -0.2) is 8.42 Å². The molecule has 0 aliphatic carbocycles. The number of benzene rings is 2. The van der Waals surface area contributed by atoms with Gasteiger partial charge in [0.15, 0.2) is 0 Å². The van der Waals surface area contributed by atoms with E-state index in [2.05, 4.69) is 32.2 Å².